The van der Waals surface area contributed by atoms with Crippen LogP contribution in [0.4, 0.5) is 5.69 Å². The molecule has 1 aliphatic heterocycles. The van der Waals surface area contributed by atoms with Crippen LogP contribution in [0.1, 0.15) is 38.5 Å². The Balaban J connectivity index is 1.70. The first kappa shape index (κ1) is 21.0. The van der Waals surface area contributed by atoms with E-state index in [1.807, 2.05) is 0 Å². The van der Waals surface area contributed by atoms with Gasteiger partial charge in [-0.3, -0.25) is 9.59 Å². The lowest BCUT2D eigenvalue weighted by molar-refractivity contribution is -0.122. The average molecular weight is 449 g/mol. The highest BCUT2D eigenvalue weighted by Crippen LogP contribution is 2.36. The molecule has 2 fully saturated rings. The Morgan fingerprint density at radius 3 is 2.37 bits per heavy atom. The summed E-state index contributed by atoms with van der Waals surface area (Å²) in [6.07, 6.45) is 4.14. The number of thiophene rings is 1. The topological polar surface area (TPSA) is 84.0 Å². The van der Waals surface area contributed by atoms with Crippen molar-refractivity contribution in [3.8, 4) is 5.75 Å². The molecule has 2 aromatic rings. The highest BCUT2D eigenvalue weighted by molar-refractivity contribution is 7.91. The van der Waals surface area contributed by atoms with Crippen LogP contribution >= 0.6 is 11.3 Å². The molecule has 4 rings (SSSR count). The van der Waals surface area contributed by atoms with Gasteiger partial charge in [-0.25, -0.2) is 13.3 Å². The molecule has 0 spiro atoms. The molecule has 0 radical (unpaired) electrons. The molecule has 7 nitrogen and oxygen atoms in total. The number of anilines is 1. The first-order valence-corrected chi connectivity index (χ1v) is 12.3. The molecular weight excluding hydrogens is 424 g/mol. The quantitative estimate of drug-likeness (QED) is 0.633. The molecule has 0 N–H and O–H groups in total. The van der Waals surface area contributed by atoms with Gasteiger partial charge in [0.25, 0.3) is 15.9 Å². The lowest BCUT2D eigenvalue weighted by atomic mass is 9.94. The van der Waals surface area contributed by atoms with Crippen LogP contribution in [-0.4, -0.2) is 43.7 Å². The number of ether oxygens (including phenoxy) is 1. The van der Waals surface area contributed by atoms with Crippen LogP contribution in [0, 0.1) is 0 Å². The zero-order chi connectivity index (χ0) is 21.3. The second-order valence-electron chi connectivity index (χ2n) is 7.54. The van der Waals surface area contributed by atoms with Gasteiger partial charge in [0.1, 0.15) is 16.0 Å². The summed E-state index contributed by atoms with van der Waals surface area (Å²) in [6, 6.07) is 8.55. The van der Waals surface area contributed by atoms with Crippen molar-refractivity contribution in [1.82, 2.24) is 4.31 Å². The summed E-state index contributed by atoms with van der Waals surface area (Å²) in [5.41, 5.74) is 0.422. The van der Waals surface area contributed by atoms with Crippen LogP contribution in [0.15, 0.2) is 46.0 Å². The average Bonchev–Trinajstić information content (AvgIpc) is 3.39. The predicted octanol–water partition coefficient (Wildman–Crippen LogP) is 3.41. The maximum absolute atomic E-state index is 13.5. The van der Waals surface area contributed by atoms with E-state index in [9.17, 15) is 18.0 Å². The van der Waals surface area contributed by atoms with Gasteiger partial charge in [0, 0.05) is 6.04 Å². The Hall–Kier alpha value is -2.23. The number of hydrogen-bond donors (Lipinski definition) is 0. The van der Waals surface area contributed by atoms with Crippen molar-refractivity contribution in [2.75, 3.05) is 12.0 Å². The monoisotopic (exact) mass is 448 g/mol. The van der Waals surface area contributed by atoms with Crippen molar-refractivity contribution in [2.45, 2.75) is 54.8 Å². The van der Waals surface area contributed by atoms with Crippen LogP contribution in [-0.2, 0) is 19.6 Å². The summed E-state index contributed by atoms with van der Waals surface area (Å²) in [5.74, 6) is -0.272. The Morgan fingerprint density at radius 2 is 1.77 bits per heavy atom. The molecule has 2 heterocycles. The molecule has 1 aromatic carbocycles. The largest absolute Gasteiger partial charge is 0.497 e. The van der Waals surface area contributed by atoms with Crippen LogP contribution in [0.2, 0.25) is 0 Å². The number of methoxy groups -OCH3 is 1. The van der Waals surface area contributed by atoms with Gasteiger partial charge in [0.2, 0.25) is 5.91 Å². The zero-order valence-electron chi connectivity index (χ0n) is 16.7. The van der Waals surface area contributed by atoms with Crippen molar-refractivity contribution < 1.29 is 22.7 Å². The molecule has 9 heteroatoms. The Labute approximate surface area is 180 Å². The maximum atomic E-state index is 13.5. The van der Waals surface area contributed by atoms with Gasteiger partial charge in [0.15, 0.2) is 0 Å². The molecule has 1 atom stereocenters. The molecule has 1 aliphatic carbocycles. The molecule has 1 unspecified atom stereocenters. The molecule has 1 aromatic heterocycles. The number of rotatable bonds is 6. The van der Waals surface area contributed by atoms with E-state index in [1.165, 1.54) is 11.4 Å². The number of amides is 2. The summed E-state index contributed by atoms with van der Waals surface area (Å²) in [7, 11) is -2.34. The summed E-state index contributed by atoms with van der Waals surface area (Å²) < 4.78 is 33.7. The second-order valence-corrected chi connectivity index (χ2v) is 10.6. The van der Waals surface area contributed by atoms with Gasteiger partial charge >= 0.3 is 0 Å². The van der Waals surface area contributed by atoms with Gasteiger partial charge < -0.3 is 4.74 Å². The lowest BCUT2D eigenvalue weighted by Crippen LogP contribution is -2.51. The van der Waals surface area contributed by atoms with Gasteiger partial charge in [-0.2, -0.15) is 4.31 Å². The fourth-order valence-corrected chi connectivity index (χ4v) is 7.21. The van der Waals surface area contributed by atoms with Crippen molar-refractivity contribution >= 4 is 38.9 Å². The minimum atomic E-state index is -3.88. The van der Waals surface area contributed by atoms with Crippen LogP contribution in [0.3, 0.4) is 0 Å². The third-order valence-corrected chi connectivity index (χ3v) is 9.06. The molecular formula is C21H24N2O5S2. The van der Waals surface area contributed by atoms with E-state index in [-0.39, 0.29) is 16.7 Å². The van der Waals surface area contributed by atoms with Gasteiger partial charge in [-0.05, 0) is 48.6 Å². The molecule has 2 amide bonds. The van der Waals surface area contributed by atoms with Crippen molar-refractivity contribution in [1.29, 1.82) is 0 Å². The highest BCUT2D eigenvalue weighted by atomic mass is 32.2. The number of carbonyl (C=O) groups is 2. The minimum absolute atomic E-state index is 0.147. The molecule has 2 aliphatic rings. The van der Waals surface area contributed by atoms with E-state index in [0.29, 0.717) is 24.3 Å². The third-order valence-electron chi connectivity index (χ3n) is 5.72. The van der Waals surface area contributed by atoms with E-state index in [1.54, 1.807) is 41.8 Å². The van der Waals surface area contributed by atoms with Gasteiger partial charge in [-0.1, -0.05) is 25.3 Å². The number of benzene rings is 1. The normalized spacial score (nSPS) is 20.9. The van der Waals surface area contributed by atoms with E-state index in [4.69, 9.17) is 4.74 Å². The molecule has 1 saturated carbocycles. The molecule has 0 bridgehead atoms. The Kier molecular flexibility index (Phi) is 5.95. The van der Waals surface area contributed by atoms with Crippen LogP contribution in [0.5, 0.6) is 5.75 Å². The van der Waals surface area contributed by atoms with Crippen LogP contribution in [0.25, 0.3) is 0 Å². The SMILES string of the molecule is COc1ccc(N2C(=O)CC(N(C3CCCCC3)S(=O)(=O)c3cccs3)C2=O)cc1. The summed E-state index contributed by atoms with van der Waals surface area (Å²) in [5, 5.41) is 1.71. The van der Waals surface area contributed by atoms with E-state index >= 15 is 0 Å². The summed E-state index contributed by atoms with van der Waals surface area (Å²) in [6.45, 7) is 0. The molecule has 160 valence electrons. The van der Waals surface area contributed by atoms with Crippen molar-refractivity contribution in [2.24, 2.45) is 0 Å². The van der Waals surface area contributed by atoms with E-state index in [0.717, 1.165) is 35.5 Å². The number of hydrogen-bond acceptors (Lipinski definition) is 6. The first-order chi connectivity index (χ1) is 14.4. The number of imide groups is 1. The van der Waals surface area contributed by atoms with Crippen molar-refractivity contribution in [3.05, 3.63) is 41.8 Å². The Morgan fingerprint density at radius 1 is 1.07 bits per heavy atom. The number of nitrogens with zero attached hydrogens (tertiary/aromatic N) is 2. The number of carbonyl (C=O) groups excluding carboxylic acids is 2. The minimum Gasteiger partial charge on any atom is -0.497 e. The molecule has 1 saturated heterocycles. The lowest BCUT2D eigenvalue weighted by Gasteiger charge is -2.35. The van der Waals surface area contributed by atoms with Crippen molar-refractivity contribution in [3.63, 3.8) is 0 Å². The fraction of sp³-hybridized carbons (Fsp3) is 0.429. The maximum Gasteiger partial charge on any atom is 0.253 e. The summed E-state index contributed by atoms with van der Waals surface area (Å²) >= 11 is 1.13. The predicted molar refractivity (Wildman–Crippen MR) is 114 cm³/mol. The first-order valence-electron chi connectivity index (χ1n) is 10.0. The molecule has 30 heavy (non-hydrogen) atoms. The smallest absolute Gasteiger partial charge is 0.253 e. The fourth-order valence-electron chi connectivity index (χ4n) is 4.29. The Bertz CT molecular complexity index is 1010. The van der Waals surface area contributed by atoms with E-state index in [2.05, 4.69) is 0 Å². The number of sulfonamides is 1. The zero-order valence-corrected chi connectivity index (χ0v) is 18.3. The standard InChI is InChI=1S/C21H24N2O5S2/c1-28-17-11-9-15(10-12-17)22-19(24)14-18(21(22)25)23(16-6-3-2-4-7-16)30(26,27)20-8-5-13-29-20/h5,8-13,16,18H,2-4,6-7,14H2,1H3. The van der Waals surface area contributed by atoms with Gasteiger partial charge in [0.05, 0.1) is 19.2 Å². The second kappa shape index (κ2) is 8.49. The van der Waals surface area contributed by atoms with Crippen LogP contribution < -0.4 is 9.64 Å². The third kappa shape index (κ3) is 3.77. The van der Waals surface area contributed by atoms with Gasteiger partial charge in [-0.15, -0.1) is 11.3 Å². The highest BCUT2D eigenvalue weighted by Gasteiger charge is 2.49. The summed E-state index contributed by atoms with van der Waals surface area (Å²) in [4.78, 5) is 27.2. The van der Waals surface area contributed by atoms with E-state index < -0.39 is 27.9 Å².